The molecule has 2 aliphatic rings. The first kappa shape index (κ1) is 24.5. The van der Waals surface area contributed by atoms with Crippen LogP contribution in [0.5, 0.6) is 5.75 Å². The molecule has 4 atom stereocenters. The van der Waals surface area contributed by atoms with E-state index in [0.29, 0.717) is 37.5 Å². The maximum atomic E-state index is 13.2. The molecule has 0 bridgehead atoms. The Balaban J connectivity index is 1.56. The van der Waals surface area contributed by atoms with Crippen molar-refractivity contribution in [1.82, 2.24) is 9.80 Å². The summed E-state index contributed by atoms with van der Waals surface area (Å²) in [5.74, 6) is 0.429. The molecule has 2 saturated heterocycles. The molecule has 2 amide bonds. The summed E-state index contributed by atoms with van der Waals surface area (Å²) in [5, 5.41) is 13.2. The number of hydrogen-bond acceptors (Lipinski definition) is 6. The maximum Gasteiger partial charge on any atom is 0.321 e. The van der Waals surface area contributed by atoms with Crippen LogP contribution in [-0.4, -0.2) is 78.4 Å². The van der Waals surface area contributed by atoms with E-state index < -0.39 is 0 Å². The Morgan fingerprint density at radius 2 is 1.82 bits per heavy atom. The number of anilines is 1. The molecule has 4 unspecified atom stereocenters. The van der Waals surface area contributed by atoms with Gasteiger partial charge in [-0.05, 0) is 42.0 Å². The van der Waals surface area contributed by atoms with Crippen molar-refractivity contribution in [2.24, 2.45) is 0 Å². The highest BCUT2D eigenvalue weighted by atomic mass is 79.9. The van der Waals surface area contributed by atoms with Crippen LogP contribution in [0.15, 0.2) is 53.0 Å². The summed E-state index contributed by atoms with van der Waals surface area (Å²) in [6.45, 7) is 2.89. The summed E-state index contributed by atoms with van der Waals surface area (Å²) >= 11 is 3.48. The average molecular weight is 532 g/mol. The van der Waals surface area contributed by atoms with Crippen molar-refractivity contribution < 1.29 is 24.2 Å². The van der Waals surface area contributed by atoms with Crippen LogP contribution in [0.3, 0.4) is 0 Å². The second kappa shape index (κ2) is 10.8. The second-order valence-corrected chi connectivity index (χ2v) is 9.63. The molecule has 2 N–H and O–H groups in total. The van der Waals surface area contributed by atoms with E-state index in [-0.39, 0.29) is 42.7 Å². The number of nitrogens with zero attached hydrogens (tertiary/aromatic N) is 2. The number of urea groups is 1. The van der Waals surface area contributed by atoms with Gasteiger partial charge in [0.05, 0.1) is 13.7 Å². The number of carbonyl (C=O) groups is 2. The molecule has 34 heavy (non-hydrogen) atoms. The third kappa shape index (κ3) is 5.37. The van der Waals surface area contributed by atoms with Crippen molar-refractivity contribution in [3.8, 4) is 5.75 Å². The molecule has 2 aromatic rings. The highest BCUT2D eigenvalue weighted by Gasteiger charge is 2.51. The topological polar surface area (TPSA) is 91.3 Å². The number of aliphatic hydroxyl groups is 1. The largest absolute Gasteiger partial charge is 0.497 e. The summed E-state index contributed by atoms with van der Waals surface area (Å²) < 4.78 is 11.7. The van der Waals surface area contributed by atoms with Crippen LogP contribution >= 0.6 is 15.9 Å². The van der Waals surface area contributed by atoms with Crippen LogP contribution in [-0.2, 0) is 9.53 Å². The Bertz CT molecular complexity index is 1000. The fourth-order valence-corrected chi connectivity index (χ4v) is 5.25. The second-order valence-electron chi connectivity index (χ2n) is 8.72. The van der Waals surface area contributed by atoms with Gasteiger partial charge in [0, 0.05) is 61.1 Å². The number of esters is 1. The van der Waals surface area contributed by atoms with Crippen LogP contribution in [0, 0.1) is 0 Å². The van der Waals surface area contributed by atoms with Crippen molar-refractivity contribution in [1.29, 1.82) is 0 Å². The van der Waals surface area contributed by atoms with Crippen LogP contribution in [0.2, 0.25) is 0 Å². The van der Waals surface area contributed by atoms with Crippen LogP contribution in [0.4, 0.5) is 10.5 Å². The third-order valence-corrected chi connectivity index (χ3v) is 7.16. The number of rotatable bonds is 5. The number of benzene rings is 2. The number of amides is 2. The molecule has 0 radical (unpaired) electrons. The van der Waals surface area contributed by atoms with Crippen LogP contribution in [0.25, 0.3) is 0 Å². The molecular weight excluding hydrogens is 502 g/mol. The summed E-state index contributed by atoms with van der Waals surface area (Å²) in [7, 11) is 1.60. The molecule has 2 heterocycles. The SMILES string of the molecule is COc1ccc(NC(=O)N2CCC(OC(C)=O)CN3C(CO)C(c4ccc(Br)cc4)C3C2)cc1. The van der Waals surface area contributed by atoms with Gasteiger partial charge in [-0.25, -0.2) is 4.79 Å². The lowest BCUT2D eigenvalue weighted by Gasteiger charge is -2.57. The lowest BCUT2D eigenvalue weighted by molar-refractivity contribution is -0.153. The molecule has 0 aromatic heterocycles. The van der Waals surface area contributed by atoms with Crippen LogP contribution < -0.4 is 10.1 Å². The van der Waals surface area contributed by atoms with Gasteiger partial charge in [0.1, 0.15) is 11.9 Å². The molecule has 0 spiro atoms. The molecule has 4 rings (SSSR count). The minimum absolute atomic E-state index is 0.00157. The number of carbonyl (C=O) groups excluding carboxylic acids is 2. The molecule has 182 valence electrons. The molecule has 9 heteroatoms. The lowest BCUT2D eigenvalue weighted by atomic mass is 9.74. The quantitative estimate of drug-likeness (QED) is 0.574. The van der Waals surface area contributed by atoms with E-state index in [4.69, 9.17) is 9.47 Å². The predicted octanol–water partition coefficient (Wildman–Crippen LogP) is 3.46. The Labute approximate surface area is 208 Å². The van der Waals surface area contributed by atoms with E-state index in [0.717, 1.165) is 10.0 Å². The minimum Gasteiger partial charge on any atom is -0.497 e. The zero-order valence-electron chi connectivity index (χ0n) is 19.3. The normalized spacial score (nSPS) is 24.8. The Morgan fingerprint density at radius 1 is 1.12 bits per heavy atom. The number of halogens is 1. The number of fused-ring (bicyclic) bond motifs is 1. The lowest BCUT2D eigenvalue weighted by Crippen LogP contribution is -2.69. The van der Waals surface area contributed by atoms with Gasteiger partial charge in [0.2, 0.25) is 0 Å². The number of nitrogens with one attached hydrogen (secondary N) is 1. The fourth-order valence-electron chi connectivity index (χ4n) is 4.99. The first-order chi connectivity index (χ1) is 16.4. The summed E-state index contributed by atoms with van der Waals surface area (Å²) in [4.78, 5) is 28.9. The molecule has 2 aromatic carbocycles. The van der Waals surface area contributed by atoms with E-state index in [1.54, 1.807) is 36.3 Å². The van der Waals surface area contributed by atoms with E-state index in [2.05, 4.69) is 38.3 Å². The first-order valence-corrected chi connectivity index (χ1v) is 12.2. The van der Waals surface area contributed by atoms with Gasteiger partial charge in [0.25, 0.3) is 0 Å². The number of methoxy groups -OCH3 is 1. The van der Waals surface area contributed by atoms with Gasteiger partial charge in [-0.2, -0.15) is 0 Å². The van der Waals surface area contributed by atoms with E-state index in [1.807, 2.05) is 12.1 Å². The fraction of sp³-hybridized carbons (Fsp3) is 0.440. The molecule has 2 aliphatic heterocycles. The molecule has 8 nitrogen and oxygen atoms in total. The molecule has 2 fully saturated rings. The van der Waals surface area contributed by atoms with E-state index >= 15 is 0 Å². The summed E-state index contributed by atoms with van der Waals surface area (Å²) in [6, 6.07) is 15.0. The van der Waals surface area contributed by atoms with Crippen LogP contribution in [0.1, 0.15) is 24.8 Å². The Kier molecular flexibility index (Phi) is 7.75. The zero-order chi connectivity index (χ0) is 24.2. The summed E-state index contributed by atoms with van der Waals surface area (Å²) in [6.07, 6.45) is 0.177. The molecule has 0 aliphatic carbocycles. The van der Waals surface area contributed by atoms with Gasteiger partial charge in [-0.3, -0.25) is 9.69 Å². The molecule has 0 saturated carbocycles. The molecular formula is C25H30BrN3O5. The van der Waals surface area contributed by atoms with E-state index in [1.165, 1.54) is 6.92 Å². The van der Waals surface area contributed by atoms with Crippen molar-refractivity contribution in [3.05, 3.63) is 58.6 Å². The van der Waals surface area contributed by atoms with Gasteiger partial charge in [-0.1, -0.05) is 28.1 Å². The van der Waals surface area contributed by atoms with Gasteiger partial charge < -0.3 is 24.8 Å². The average Bonchev–Trinajstić information content (AvgIpc) is 2.81. The monoisotopic (exact) mass is 531 g/mol. The third-order valence-electron chi connectivity index (χ3n) is 6.63. The Morgan fingerprint density at radius 3 is 2.44 bits per heavy atom. The number of hydrogen-bond donors (Lipinski definition) is 2. The maximum absolute atomic E-state index is 13.2. The van der Waals surface area contributed by atoms with Crippen molar-refractivity contribution in [2.45, 2.75) is 37.5 Å². The van der Waals surface area contributed by atoms with Crippen molar-refractivity contribution in [2.75, 3.05) is 38.7 Å². The van der Waals surface area contributed by atoms with E-state index in [9.17, 15) is 14.7 Å². The summed E-state index contributed by atoms with van der Waals surface area (Å²) in [5.41, 5.74) is 1.79. The smallest absolute Gasteiger partial charge is 0.321 e. The van der Waals surface area contributed by atoms with Gasteiger partial charge >= 0.3 is 12.0 Å². The van der Waals surface area contributed by atoms with Crippen molar-refractivity contribution in [3.63, 3.8) is 0 Å². The highest BCUT2D eigenvalue weighted by Crippen LogP contribution is 2.42. The highest BCUT2D eigenvalue weighted by molar-refractivity contribution is 9.10. The number of aliphatic hydroxyl groups excluding tert-OH is 1. The first-order valence-electron chi connectivity index (χ1n) is 11.4. The predicted molar refractivity (Wildman–Crippen MR) is 132 cm³/mol. The Hall–Kier alpha value is -2.62. The minimum atomic E-state index is -0.350. The standard InChI is InChI=1S/C25H30BrN3O5/c1-16(31)34-21-11-12-28(25(32)27-19-7-9-20(33-2)10-8-19)14-22-24(23(15-30)29(22)13-21)17-3-5-18(26)6-4-17/h3-10,21-24,30H,11-15H2,1-2H3,(H,27,32). The van der Waals surface area contributed by atoms with Gasteiger partial charge in [0.15, 0.2) is 0 Å². The van der Waals surface area contributed by atoms with Crippen molar-refractivity contribution >= 4 is 33.6 Å². The van der Waals surface area contributed by atoms with Gasteiger partial charge in [-0.15, -0.1) is 0 Å². The number of ether oxygens (including phenoxy) is 2. The zero-order valence-corrected chi connectivity index (χ0v) is 20.9.